The molecule has 0 aromatic heterocycles. The number of nitrogens with zero attached hydrogens (tertiary/aromatic N) is 1. The van der Waals surface area contributed by atoms with E-state index < -0.39 is 0 Å². The van der Waals surface area contributed by atoms with Crippen molar-refractivity contribution in [1.82, 2.24) is 4.90 Å². The van der Waals surface area contributed by atoms with Gasteiger partial charge in [0, 0.05) is 13.1 Å². The van der Waals surface area contributed by atoms with Gasteiger partial charge in [-0.25, -0.2) is 0 Å². The van der Waals surface area contributed by atoms with E-state index in [1.165, 1.54) is 31.5 Å². The van der Waals surface area contributed by atoms with Gasteiger partial charge in [0.05, 0.1) is 5.02 Å². The molecule has 2 nitrogen and oxygen atoms in total. The second-order valence-corrected chi connectivity index (χ2v) is 5.74. The lowest BCUT2D eigenvalue weighted by Crippen LogP contribution is -2.37. The zero-order valence-corrected chi connectivity index (χ0v) is 12.0. The van der Waals surface area contributed by atoms with Crippen LogP contribution in [0.3, 0.4) is 0 Å². The highest BCUT2D eigenvalue weighted by molar-refractivity contribution is 6.32. The summed E-state index contributed by atoms with van der Waals surface area (Å²) in [6.45, 7) is 8.49. The third kappa shape index (κ3) is 3.89. The Bertz CT molecular complexity index is 394. The van der Waals surface area contributed by atoms with Gasteiger partial charge in [-0.05, 0) is 49.9 Å². The second kappa shape index (κ2) is 6.44. The van der Waals surface area contributed by atoms with E-state index in [1.54, 1.807) is 0 Å². The highest BCUT2D eigenvalue weighted by Crippen LogP contribution is 2.25. The summed E-state index contributed by atoms with van der Waals surface area (Å²) in [5, 5.41) is 0.701. The molecule has 1 aromatic carbocycles. The molecule has 0 bridgehead atoms. The van der Waals surface area contributed by atoms with E-state index in [4.69, 9.17) is 16.3 Å². The molecule has 0 radical (unpaired) electrons. The SMILES string of the molecule is Cc1ccc(Cl)c(OCCN2CCC[C@@H](C)C2)c1. The molecule has 18 heavy (non-hydrogen) atoms. The van der Waals surface area contributed by atoms with Crippen molar-refractivity contribution in [2.45, 2.75) is 26.7 Å². The van der Waals surface area contributed by atoms with Gasteiger partial charge in [0.1, 0.15) is 12.4 Å². The Kier molecular flexibility index (Phi) is 4.90. The molecule has 1 atom stereocenters. The summed E-state index contributed by atoms with van der Waals surface area (Å²) in [6, 6.07) is 5.90. The topological polar surface area (TPSA) is 12.5 Å². The number of halogens is 1. The van der Waals surface area contributed by atoms with Crippen LogP contribution in [0.5, 0.6) is 5.75 Å². The van der Waals surface area contributed by atoms with Crippen molar-refractivity contribution < 1.29 is 4.74 Å². The minimum Gasteiger partial charge on any atom is -0.491 e. The molecule has 1 fully saturated rings. The maximum atomic E-state index is 6.10. The summed E-state index contributed by atoms with van der Waals surface area (Å²) in [5.41, 5.74) is 1.18. The first-order chi connectivity index (χ1) is 8.65. The van der Waals surface area contributed by atoms with Crippen LogP contribution in [-0.4, -0.2) is 31.1 Å². The standard InChI is InChI=1S/C15H22ClNO/c1-12-5-6-14(16)15(10-12)18-9-8-17-7-3-4-13(2)11-17/h5-6,10,13H,3-4,7-9,11H2,1-2H3/t13-/m1/s1. The summed E-state index contributed by atoms with van der Waals surface area (Å²) in [4.78, 5) is 2.48. The Morgan fingerprint density at radius 3 is 3.06 bits per heavy atom. The van der Waals surface area contributed by atoms with Crippen LogP contribution in [0.2, 0.25) is 5.02 Å². The Labute approximate surface area is 115 Å². The lowest BCUT2D eigenvalue weighted by atomic mass is 10.0. The molecule has 1 aliphatic rings. The zero-order valence-electron chi connectivity index (χ0n) is 11.3. The number of aryl methyl sites for hydroxylation is 1. The number of hydrogen-bond acceptors (Lipinski definition) is 2. The average molecular weight is 268 g/mol. The van der Waals surface area contributed by atoms with Gasteiger partial charge in [0.25, 0.3) is 0 Å². The zero-order chi connectivity index (χ0) is 13.0. The number of ether oxygens (including phenoxy) is 1. The van der Waals surface area contributed by atoms with Crippen molar-refractivity contribution in [3.63, 3.8) is 0 Å². The van der Waals surface area contributed by atoms with E-state index in [0.29, 0.717) is 5.02 Å². The maximum Gasteiger partial charge on any atom is 0.138 e. The van der Waals surface area contributed by atoms with Crippen molar-refractivity contribution >= 4 is 11.6 Å². The minimum absolute atomic E-state index is 0.701. The van der Waals surface area contributed by atoms with Crippen LogP contribution >= 0.6 is 11.6 Å². The normalized spacial score (nSPS) is 20.9. The first-order valence-electron chi connectivity index (χ1n) is 6.76. The Balaban J connectivity index is 1.79. The van der Waals surface area contributed by atoms with Gasteiger partial charge in [0.2, 0.25) is 0 Å². The summed E-state index contributed by atoms with van der Waals surface area (Å²) >= 11 is 6.10. The molecule has 0 aliphatic carbocycles. The van der Waals surface area contributed by atoms with Crippen LogP contribution in [0.25, 0.3) is 0 Å². The number of hydrogen-bond donors (Lipinski definition) is 0. The molecule has 0 N–H and O–H groups in total. The van der Waals surface area contributed by atoms with E-state index in [2.05, 4.69) is 18.7 Å². The van der Waals surface area contributed by atoms with Crippen molar-refractivity contribution in [3.8, 4) is 5.75 Å². The van der Waals surface area contributed by atoms with Crippen molar-refractivity contribution in [1.29, 1.82) is 0 Å². The van der Waals surface area contributed by atoms with Crippen molar-refractivity contribution in [2.24, 2.45) is 5.92 Å². The van der Waals surface area contributed by atoms with Crippen molar-refractivity contribution in [2.75, 3.05) is 26.2 Å². The fraction of sp³-hybridized carbons (Fsp3) is 0.600. The van der Waals surface area contributed by atoms with Crippen LogP contribution < -0.4 is 4.74 Å². The van der Waals surface area contributed by atoms with Crippen LogP contribution in [0.4, 0.5) is 0 Å². The molecule has 1 saturated heterocycles. The molecule has 0 amide bonds. The fourth-order valence-corrected chi connectivity index (χ4v) is 2.67. The van der Waals surface area contributed by atoms with Crippen molar-refractivity contribution in [3.05, 3.63) is 28.8 Å². The predicted octanol–water partition coefficient (Wildman–Crippen LogP) is 3.76. The lowest BCUT2D eigenvalue weighted by molar-refractivity contribution is 0.153. The third-order valence-corrected chi connectivity index (χ3v) is 3.81. The van der Waals surface area contributed by atoms with Gasteiger partial charge >= 0.3 is 0 Å². The summed E-state index contributed by atoms with van der Waals surface area (Å²) in [6.07, 6.45) is 2.67. The van der Waals surface area contributed by atoms with Crippen LogP contribution in [0.1, 0.15) is 25.3 Å². The first-order valence-corrected chi connectivity index (χ1v) is 7.14. The fourth-order valence-electron chi connectivity index (χ4n) is 2.50. The summed E-state index contributed by atoms with van der Waals surface area (Å²) < 4.78 is 5.78. The number of rotatable bonds is 4. The number of benzene rings is 1. The molecule has 2 rings (SSSR count). The smallest absolute Gasteiger partial charge is 0.138 e. The largest absolute Gasteiger partial charge is 0.491 e. The van der Waals surface area contributed by atoms with E-state index in [1.807, 2.05) is 18.2 Å². The van der Waals surface area contributed by atoms with E-state index in [0.717, 1.165) is 24.8 Å². The first kappa shape index (κ1) is 13.7. The monoisotopic (exact) mass is 267 g/mol. The highest BCUT2D eigenvalue weighted by atomic mass is 35.5. The molecule has 1 aliphatic heterocycles. The molecule has 0 unspecified atom stereocenters. The molecule has 0 spiro atoms. The van der Waals surface area contributed by atoms with E-state index in [-0.39, 0.29) is 0 Å². The number of piperidine rings is 1. The minimum atomic E-state index is 0.701. The Morgan fingerprint density at radius 1 is 1.44 bits per heavy atom. The van der Waals surface area contributed by atoms with E-state index in [9.17, 15) is 0 Å². The summed E-state index contributed by atoms with van der Waals surface area (Å²) in [5.74, 6) is 1.63. The molecule has 1 aromatic rings. The third-order valence-electron chi connectivity index (χ3n) is 3.49. The van der Waals surface area contributed by atoms with Gasteiger partial charge in [-0.1, -0.05) is 24.6 Å². The molecular formula is C15H22ClNO. The molecule has 3 heteroatoms. The highest BCUT2D eigenvalue weighted by Gasteiger charge is 2.15. The Morgan fingerprint density at radius 2 is 2.28 bits per heavy atom. The van der Waals surface area contributed by atoms with Gasteiger partial charge in [-0.2, -0.15) is 0 Å². The van der Waals surface area contributed by atoms with Gasteiger partial charge < -0.3 is 4.74 Å². The number of likely N-dealkylation sites (tertiary alicyclic amines) is 1. The van der Waals surface area contributed by atoms with Gasteiger partial charge in [0.15, 0.2) is 0 Å². The molecular weight excluding hydrogens is 246 g/mol. The van der Waals surface area contributed by atoms with E-state index >= 15 is 0 Å². The second-order valence-electron chi connectivity index (χ2n) is 5.33. The Hall–Kier alpha value is -0.730. The van der Waals surface area contributed by atoms with Gasteiger partial charge in [-0.3, -0.25) is 4.90 Å². The maximum absolute atomic E-state index is 6.10. The van der Waals surface area contributed by atoms with Crippen LogP contribution in [0.15, 0.2) is 18.2 Å². The average Bonchev–Trinajstić information content (AvgIpc) is 2.34. The quantitative estimate of drug-likeness (QED) is 0.824. The van der Waals surface area contributed by atoms with Crippen LogP contribution in [-0.2, 0) is 0 Å². The molecule has 0 saturated carbocycles. The summed E-state index contributed by atoms with van der Waals surface area (Å²) in [7, 11) is 0. The molecule has 1 heterocycles. The van der Waals surface area contributed by atoms with Gasteiger partial charge in [-0.15, -0.1) is 0 Å². The predicted molar refractivity (Wildman–Crippen MR) is 76.5 cm³/mol. The molecule has 100 valence electrons. The van der Waals surface area contributed by atoms with Crippen LogP contribution in [0, 0.1) is 12.8 Å². The lowest BCUT2D eigenvalue weighted by Gasteiger charge is -2.30.